The highest BCUT2D eigenvalue weighted by Gasteiger charge is 2.36. The van der Waals surface area contributed by atoms with Gasteiger partial charge < -0.3 is 16.0 Å². The first-order chi connectivity index (χ1) is 17.6. The largest absolute Gasteiger partial charge is 0.326 e. The smallest absolute Gasteiger partial charge is 0.261 e. The van der Waals surface area contributed by atoms with Crippen molar-refractivity contribution in [3.63, 3.8) is 0 Å². The van der Waals surface area contributed by atoms with Gasteiger partial charge in [-0.1, -0.05) is 24.3 Å². The van der Waals surface area contributed by atoms with Crippen LogP contribution in [0.15, 0.2) is 66.4 Å². The molecule has 2 bridgehead atoms. The number of amides is 3. The Kier molecular flexibility index (Phi) is 7.82. The number of alkyl halides is 1. The number of rotatable bonds is 3. The molecule has 0 spiro atoms. The molecule has 0 saturated carbocycles. The Balaban J connectivity index is 1.70. The molecule has 2 aliphatic heterocycles. The van der Waals surface area contributed by atoms with Gasteiger partial charge >= 0.3 is 0 Å². The fraction of sp³-hybridized carbons (Fsp3) is 0.192. The van der Waals surface area contributed by atoms with Gasteiger partial charge in [-0.3, -0.25) is 25.0 Å². The third-order valence-electron chi connectivity index (χ3n) is 5.66. The molecule has 5 N–H and O–H groups in total. The van der Waals surface area contributed by atoms with E-state index in [1.54, 1.807) is 30.4 Å². The van der Waals surface area contributed by atoms with Gasteiger partial charge in [0.2, 0.25) is 11.8 Å². The van der Waals surface area contributed by atoms with Gasteiger partial charge in [-0.05, 0) is 48.4 Å². The molecule has 2 aromatic rings. The van der Waals surface area contributed by atoms with Crippen molar-refractivity contribution in [3.05, 3.63) is 94.7 Å². The number of halogens is 3. The summed E-state index contributed by atoms with van der Waals surface area (Å²) in [4.78, 5) is 36.9. The predicted octanol–water partition coefficient (Wildman–Crippen LogP) is 3.73. The second kappa shape index (κ2) is 11.0. The van der Waals surface area contributed by atoms with Crippen LogP contribution in [0.4, 0.5) is 20.2 Å². The maximum Gasteiger partial charge on any atom is 0.261 e. The summed E-state index contributed by atoms with van der Waals surface area (Å²) >= 11 is 6.61. The highest BCUT2D eigenvalue weighted by Crippen LogP contribution is 2.33. The highest BCUT2D eigenvalue weighted by atomic mass is 35.5. The maximum absolute atomic E-state index is 14.4. The predicted molar refractivity (Wildman–Crippen MR) is 137 cm³/mol. The lowest BCUT2D eigenvalue weighted by Gasteiger charge is -2.21. The Morgan fingerprint density at radius 3 is 2.43 bits per heavy atom. The van der Waals surface area contributed by atoms with Gasteiger partial charge in [0.15, 0.2) is 0 Å². The van der Waals surface area contributed by atoms with Gasteiger partial charge in [0.1, 0.15) is 28.9 Å². The Morgan fingerprint density at radius 2 is 1.73 bits per heavy atom. The quantitative estimate of drug-likeness (QED) is 0.308. The van der Waals surface area contributed by atoms with Crippen molar-refractivity contribution in [1.82, 2.24) is 16.0 Å². The molecule has 37 heavy (non-hydrogen) atoms. The van der Waals surface area contributed by atoms with E-state index in [0.717, 1.165) is 12.1 Å². The maximum atomic E-state index is 14.4. The molecule has 192 valence electrons. The number of carbonyl (C=O) groups is 3. The van der Waals surface area contributed by atoms with Crippen molar-refractivity contribution < 1.29 is 23.2 Å². The van der Waals surface area contributed by atoms with Crippen molar-refractivity contribution in [2.24, 2.45) is 0 Å². The van der Waals surface area contributed by atoms with E-state index in [9.17, 15) is 23.2 Å². The van der Waals surface area contributed by atoms with Crippen LogP contribution in [-0.2, 0) is 9.59 Å². The fourth-order valence-corrected chi connectivity index (χ4v) is 4.41. The summed E-state index contributed by atoms with van der Waals surface area (Å²) < 4.78 is 28.9. The van der Waals surface area contributed by atoms with Gasteiger partial charge in [-0.15, -0.1) is 11.6 Å². The topological polar surface area (TPSA) is 111 Å². The second-order valence-electron chi connectivity index (χ2n) is 8.54. The number of anilines is 2. The number of fused-ring (bicyclic) bond motifs is 4. The van der Waals surface area contributed by atoms with Crippen molar-refractivity contribution in [3.8, 4) is 0 Å². The summed E-state index contributed by atoms with van der Waals surface area (Å²) in [5.41, 5.74) is 0.676. The van der Waals surface area contributed by atoms with Crippen molar-refractivity contribution in [2.75, 3.05) is 10.6 Å². The molecule has 2 unspecified atom stereocenters. The minimum atomic E-state index is -0.979. The average molecular weight is 528 g/mol. The lowest BCUT2D eigenvalue weighted by atomic mass is 10.0. The Labute approximate surface area is 216 Å². The first-order valence-corrected chi connectivity index (χ1v) is 11.8. The molecule has 1 fully saturated rings. The van der Waals surface area contributed by atoms with E-state index >= 15 is 0 Å². The molecule has 2 heterocycles. The number of nitrogens with one attached hydrogen (secondary N) is 5. The first-order valence-electron chi connectivity index (χ1n) is 11.3. The summed E-state index contributed by atoms with van der Waals surface area (Å²) in [6.45, 7) is 2.89. The Bertz CT molecular complexity index is 1330. The van der Waals surface area contributed by atoms with Gasteiger partial charge in [-0.2, -0.15) is 0 Å². The van der Waals surface area contributed by atoms with Crippen LogP contribution < -0.4 is 26.6 Å². The third-order valence-corrected chi connectivity index (χ3v) is 6.04. The van der Waals surface area contributed by atoms with E-state index in [4.69, 9.17) is 11.6 Å². The normalized spacial score (nSPS) is 24.2. The molecule has 0 aliphatic carbocycles. The lowest BCUT2D eigenvalue weighted by Crippen LogP contribution is -2.42. The molecule has 0 radical (unpaired) electrons. The molecule has 8 nitrogen and oxygen atoms in total. The zero-order valence-electron chi connectivity index (χ0n) is 19.9. The molecule has 11 heteroatoms. The first kappa shape index (κ1) is 26.2. The van der Waals surface area contributed by atoms with Crippen LogP contribution in [0, 0.1) is 18.6 Å². The molecule has 1 saturated heterocycles. The number of aryl methyl sites for hydroxylation is 1. The van der Waals surface area contributed by atoms with Gasteiger partial charge in [0.25, 0.3) is 5.91 Å². The van der Waals surface area contributed by atoms with Gasteiger partial charge in [0.05, 0.1) is 6.04 Å². The summed E-state index contributed by atoms with van der Waals surface area (Å²) in [5, 5.41) is 14.4. The lowest BCUT2D eigenvalue weighted by molar-refractivity contribution is -0.114. The van der Waals surface area contributed by atoms with Crippen LogP contribution in [0.25, 0.3) is 0 Å². The number of benzene rings is 2. The molecule has 0 aromatic heterocycles. The van der Waals surface area contributed by atoms with Crippen LogP contribution in [-0.4, -0.2) is 29.4 Å². The van der Waals surface area contributed by atoms with Crippen LogP contribution in [0.1, 0.15) is 34.5 Å². The minimum Gasteiger partial charge on any atom is -0.326 e. The summed E-state index contributed by atoms with van der Waals surface area (Å²) in [6, 6.07) is 6.58. The van der Waals surface area contributed by atoms with Gasteiger partial charge in [0, 0.05) is 30.1 Å². The van der Waals surface area contributed by atoms with Crippen LogP contribution >= 0.6 is 11.6 Å². The van der Waals surface area contributed by atoms with E-state index in [1.807, 2.05) is 0 Å². The van der Waals surface area contributed by atoms with Crippen LogP contribution in [0.2, 0.25) is 0 Å². The van der Waals surface area contributed by atoms with Gasteiger partial charge in [-0.25, -0.2) is 8.78 Å². The van der Waals surface area contributed by atoms with Crippen molar-refractivity contribution in [1.29, 1.82) is 0 Å². The zero-order valence-corrected chi connectivity index (χ0v) is 20.6. The Morgan fingerprint density at radius 1 is 1.00 bits per heavy atom. The molecular formula is C26H24ClF2N5O3. The molecule has 3 atom stereocenters. The zero-order chi connectivity index (χ0) is 26.7. The highest BCUT2D eigenvalue weighted by molar-refractivity contribution is 6.21. The standard InChI is InChI=1S/C26H24ClF2N5O3/c1-13-10-17(28)22(18(29)11-13)26(37)32-19-6-4-3-5-7-21(36)31-20-12-15(30-14(2)35)8-9-16(20)23-24(27)34-25(19)33-23/h3-12,23-25,33-34H,1-2H3,(H,30,35)(H,31,36)(H,32,37)/b4-3-,7-5+,19-6-/t23?,24-,25?/m1/s1. The number of allylic oxidation sites excluding steroid dienone is 4. The SMILES string of the molecule is CC(=O)Nc1ccc2c(c1)NC(=O)/C=C/C=C\C=C(/NC(=O)c1c(F)cc(C)cc1F)C1NC2[C@H](Cl)N1. The monoisotopic (exact) mass is 527 g/mol. The van der Waals surface area contributed by atoms with E-state index in [-0.39, 0.29) is 11.6 Å². The van der Waals surface area contributed by atoms with Crippen molar-refractivity contribution >= 4 is 40.7 Å². The summed E-state index contributed by atoms with van der Waals surface area (Å²) in [7, 11) is 0. The number of carbonyl (C=O) groups excluding carboxylic acids is 3. The Hall–Kier alpha value is -3.86. The summed E-state index contributed by atoms with van der Waals surface area (Å²) in [5.74, 6) is -3.62. The van der Waals surface area contributed by atoms with Crippen LogP contribution in [0.3, 0.4) is 0 Å². The van der Waals surface area contributed by atoms with E-state index in [1.165, 1.54) is 32.1 Å². The summed E-state index contributed by atoms with van der Waals surface area (Å²) in [6.07, 6.45) is 6.70. The second-order valence-corrected chi connectivity index (χ2v) is 9.01. The van der Waals surface area contributed by atoms with Crippen molar-refractivity contribution in [2.45, 2.75) is 31.6 Å². The number of hydrogen-bond acceptors (Lipinski definition) is 5. The average Bonchev–Trinajstić information content (AvgIpc) is 3.18. The molecule has 3 amide bonds. The van der Waals surface area contributed by atoms with E-state index in [2.05, 4.69) is 26.6 Å². The third kappa shape index (κ3) is 6.11. The molecule has 4 rings (SSSR count). The van der Waals surface area contributed by atoms with E-state index < -0.39 is 46.7 Å². The van der Waals surface area contributed by atoms with E-state index in [0.29, 0.717) is 22.5 Å². The molecular weight excluding hydrogens is 504 g/mol. The molecule has 2 aromatic carbocycles. The minimum absolute atomic E-state index is 0.247. The number of hydrogen-bond donors (Lipinski definition) is 5. The fourth-order valence-electron chi connectivity index (χ4n) is 4.07. The van der Waals surface area contributed by atoms with Crippen LogP contribution in [0.5, 0.6) is 0 Å². The molecule has 2 aliphatic rings.